The van der Waals surface area contributed by atoms with E-state index in [0.717, 1.165) is 31.5 Å². The monoisotopic (exact) mass is 412 g/mol. The van der Waals surface area contributed by atoms with Crippen molar-refractivity contribution < 1.29 is 9.18 Å². The van der Waals surface area contributed by atoms with Crippen molar-refractivity contribution in [3.8, 4) is 11.3 Å². The average molecular weight is 413 g/mol. The second-order valence-corrected chi connectivity index (χ2v) is 7.63. The maximum absolute atomic E-state index is 13.2. The molecule has 1 aliphatic heterocycles. The number of H-pyrrole nitrogens is 1. The van der Waals surface area contributed by atoms with Gasteiger partial charge in [0.25, 0.3) is 5.91 Å². The van der Waals surface area contributed by atoms with Gasteiger partial charge in [0, 0.05) is 17.1 Å². The molecule has 2 heterocycles. The van der Waals surface area contributed by atoms with Gasteiger partial charge in [-0.1, -0.05) is 23.7 Å². The van der Waals surface area contributed by atoms with Crippen LogP contribution in [0.3, 0.4) is 0 Å². The number of hydrogen-bond acceptors (Lipinski definition) is 3. The molecular formula is C22H22ClFN4O. The molecule has 0 spiro atoms. The average Bonchev–Trinajstić information content (AvgIpc) is 3.41. The van der Waals surface area contributed by atoms with Crippen LogP contribution in [0.5, 0.6) is 0 Å². The Bertz CT molecular complexity index is 982. The molecule has 1 amide bonds. The number of carbonyl (C=O) groups excluding carboxylic acids is 1. The lowest BCUT2D eigenvalue weighted by Crippen LogP contribution is -2.36. The summed E-state index contributed by atoms with van der Waals surface area (Å²) in [5.41, 5.74) is 2.80. The Hall–Kier alpha value is -2.70. The summed E-state index contributed by atoms with van der Waals surface area (Å²) < 4.78 is 13.2. The minimum absolute atomic E-state index is 0.0568. The molecule has 2 N–H and O–H groups in total. The summed E-state index contributed by atoms with van der Waals surface area (Å²) in [6.45, 7) is 2.46. The SMILES string of the molecule is O=C(NCC(c1cccc(Cl)c1)N1CCCC1)c1cn[nH]c1-c1ccc(F)cc1. The molecule has 1 unspecified atom stereocenters. The van der Waals surface area contributed by atoms with Crippen LogP contribution in [0.4, 0.5) is 4.39 Å². The molecule has 0 saturated carbocycles. The van der Waals surface area contributed by atoms with Crippen molar-refractivity contribution in [2.24, 2.45) is 0 Å². The van der Waals surface area contributed by atoms with Gasteiger partial charge >= 0.3 is 0 Å². The summed E-state index contributed by atoms with van der Waals surface area (Å²) in [4.78, 5) is 15.3. The van der Waals surface area contributed by atoms with Crippen LogP contribution in [0, 0.1) is 5.82 Å². The van der Waals surface area contributed by atoms with Crippen LogP contribution >= 0.6 is 11.6 Å². The molecule has 0 radical (unpaired) electrons. The van der Waals surface area contributed by atoms with Gasteiger partial charge in [0.05, 0.1) is 23.5 Å². The molecule has 1 aliphatic rings. The van der Waals surface area contributed by atoms with Crippen molar-refractivity contribution in [1.82, 2.24) is 20.4 Å². The highest BCUT2D eigenvalue weighted by Gasteiger charge is 2.25. The van der Waals surface area contributed by atoms with E-state index in [0.29, 0.717) is 28.4 Å². The number of nitrogens with zero attached hydrogens (tertiary/aromatic N) is 2. The number of halogens is 2. The largest absolute Gasteiger partial charge is 0.350 e. The molecule has 1 aromatic heterocycles. The number of likely N-dealkylation sites (tertiary alicyclic amines) is 1. The smallest absolute Gasteiger partial charge is 0.255 e. The minimum atomic E-state index is -0.325. The van der Waals surface area contributed by atoms with Crippen molar-refractivity contribution in [1.29, 1.82) is 0 Å². The molecule has 150 valence electrons. The van der Waals surface area contributed by atoms with Gasteiger partial charge in [0.2, 0.25) is 0 Å². The normalized spacial score (nSPS) is 15.4. The Balaban J connectivity index is 1.52. The number of rotatable bonds is 6. The molecule has 0 bridgehead atoms. The number of amides is 1. The van der Waals surface area contributed by atoms with E-state index in [1.807, 2.05) is 24.3 Å². The van der Waals surface area contributed by atoms with E-state index in [2.05, 4.69) is 20.4 Å². The fourth-order valence-electron chi connectivity index (χ4n) is 3.80. The van der Waals surface area contributed by atoms with E-state index >= 15 is 0 Å². The Kier molecular flexibility index (Phi) is 5.92. The van der Waals surface area contributed by atoms with Crippen LogP contribution in [0.1, 0.15) is 34.8 Å². The standard InChI is InChI=1S/C22H22ClFN4O/c23-17-5-3-4-16(12-17)20(28-10-1-2-11-28)14-25-22(29)19-13-26-27-21(19)15-6-8-18(24)9-7-15/h3-9,12-13,20H,1-2,10-11,14H2,(H,25,29)(H,26,27). The van der Waals surface area contributed by atoms with E-state index in [1.54, 1.807) is 12.1 Å². The number of hydrogen-bond donors (Lipinski definition) is 2. The van der Waals surface area contributed by atoms with E-state index in [9.17, 15) is 9.18 Å². The van der Waals surface area contributed by atoms with Gasteiger partial charge in [-0.25, -0.2) is 4.39 Å². The number of nitrogens with one attached hydrogen (secondary N) is 2. The van der Waals surface area contributed by atoms with Crippen LogP contribution in [0.25, 0.3) is 11.3 Å². The van der Waals surface area contributed by atoms with Gasteiger partial charge in [-0.15, -0.1) is 0 Å². The molecule has 1 fully saturated rings. The molecule has 0 aliphatic carbocycles. The van der Waals surface area contributed by atoms with Crippen molar-refractivity contribution >= 4 is 17.5 Å². The Labute approximate surface area is 173 Å². The molecule has 5 nitrogen and oxygen atoms in total. The second kappa shape index (κ2) is 8.76. The van der Waals surface area contributed by atoms with Gasteiger partial charge in [0.15, 0.2) is 0 Å². The van der Waals surface area contributed by atoms with Crippen molar-refractivity contribution in [2.75, 3.05) is 19.6 Å². The molecule has 3 aromatic rings. The number of carbonyl (C=O) groups is 1. The summed E-state index contributed by atoms with van der Waals surface area (Å²) in [6.07, 6.45) is 3.81. The third-order valence-electron chi connectivity index (χ3n) is 5.29. The molecule has 1 atom stereocenters. The second-order valence-electron chi connectivity index (χ2n) is 7.19. The lowest BCUT2D eigenvalue weighted by atomic mass is 10.0. The van der Waals surface area contributed by atoms with Crippen LogP contribution in [-0.2, 0) is 0 Å². The third-order valence-corrected chi connectivity index (χ3v) is 5.52. The van der Waals surface area contributed by atoms with Crippen molar-refractivity contribution in [3.05, 3.63) is 76.7 Å². The zero-order chi connectivity index (χ0) is 20.2. The minimum Gasteiger partial charge on any atom is -0.350 e. The lowest BCUT2D eigenvalue weighted by molar-refractivity contribution is 0.0938. The first kappa shape index (κ1) is 19.6. The summed E-state index contributed by atoms with van der Waals surface area (Å²) in [7, 11) is 0. The number of benzene rings is 2. The topological polar surface area (TPSA) is 61.0 Å². The lowest BCUT2D eigenvalue weighted by Gasteiger charge is -2.28. The van der Waals surface area contributed by atoms with E-state index in [1.165, 1.54) is 18.3 Å². The maximum Gasteiger partial charge on any atom is 0.255 e. The van der Waals surface area contributed by atoms with Crippen molar-refractivity contribution in [3.63, 3.8) is 0 Å². The first-order valence-corrected chi connectivity index (χ1v) is 10.1. The Morgan fingerprint density at radius 1 is 1.21 bits per heavy atom. The molecule has 7 heteroatoms. The van der Waals surface area contributed by atoms with Gasteiger partial charge in [-0.2, -0.15) is 5.10 Å². The van der Waals surface area contributed by atoms with Gasteiger partial charge in [-0.05, 0) is 67.9 Å². The fourth-order valence-corrected chi connectivity index (χ4v) is 4.00. The first-order chi connectivity index (χ1) is 14.1. The molecule has 2 aromatic carbocycles. The molecule has 29 heavy (non-hydrogen) atoms. The van der Waals surface area contributed by atoms with E-state index in [4.69, 9.17) is 11.6 Å². The summed E-state index contributed by atoms with van der Waals surface area (Å²) in [5.74, 6) is -0.543. The fraction of sp³-hybridized carbons (Fsp3) is 0.273. The number of aromatic nitrogens is 2. The highest BCUT2D eigenvalue weighted by atomic mass is 35.5. The molecule has 4 rings (SSSR count). The Morgan fingerprint density at radius 2 is 1.97 bits per heavy atom. The van der Waals surface area contributed by atoms with Gasteiger partial charge in [-0.3, -0.25) is 14.8 Å². The highest BCUT2D eigenvalue weighted by Crippen LogP contribution is 2.27. The zero-order valence-electron chi connectivity index (χ0n) is 15.9. The van der Waals surface area contributed by atoms with Crippen LogP contribution in [-0.4, -0.2) is 40.6 Å². The Morgan fingerprint density at radius 3 is 2.69 bits per heavy atom. The highest BCUT2D eigenvalue weighted by molar-refractivity contribution is 6.30. The number of aromatic amines is 1. The molecule has 1 saturated heterocycles. The van der Waals surface area contributed by atoms with E-state index < -0.39 is 0 Å². The van der Waals surface area contributed by atoms with Crippen LogP contribution < -0.4 is 5.32 Å². The van der Waals surface area contributed by atoms with Crippen LogP contribution in [0.2, 0.25) is 5.02 Å². The zero-order valence-corrected chi connectivity index (χ0v) is 16.6. The summed E-state index contributed by atoms with van der Waals surface area (Å²) >= 11 is 6.19. The molecular weight excluding hydrogens is 391 g/mol. The maximum atomic E-state index is 13.2. The van der Waals surface area contributed by atoms with Crippen LogP contribution in [0.15, 0.2) is 54.7 Å². The quantitative estimate of drug-likeness (QED) is 0.629. The summed E-state index contributed by atoms with van der Waals surface area (Å²) in [6, 6.07) is 13.8. The summed E-state index contributed by atoms with van der Waals surface area (Å²) in [5, 5.41) is 10.6. The van der Waals surface area contributed by atoms with Crippen molar-refractivity contribution in [2.45, 2.75) is 18.9 Å². The predicted molar refractivity (Wildman–Crippen MR) is 111 cm³/mol. The predicted octanol–water partition coefficient (Wildman–Crippen LogP) is 4.44. The van der Waals surface area contributed by atoms with Gasteiger partial charge in [0.1, 0.15) is 5.82 Å². The van der Waals surface area contributed by atoms with Gasteiger partial charge < -0.3 is 5.32 Å². The van der Waals surface area contributed by atoms with E-state index in [-0.39, 0.29) is 17.8 Å². The first-order valence-electron chi connectivity index (χ1n) is 9.69. The third kappa shape index (κ3) is 4.49.